The van der Waals surface area contributed by atoms with E-state index in [1.165, 1.54) is 0 Å². The Bertz CT molecular complexity index is 447. The molecule has 20 heavy (non-hydrogen) atoms. The summed E-state index contributed by atoms with van der Waals surface area (Å²) >= 11 is 0. The van der Waals surface area contributed by atoms with E-state index in [-0.39, 0.29) is 5.97 Å². The minimum absolute atomic E-state index is 0.313. The fraction of sp³-hybridized carbons (Fsp3) is 0.562. The van der Waals surface area contributed by atoms with Crippen LogP contribution in [0.5, 0.6) is 0 Å². The maximum absolute atomic E-state index is 11.6. The second-order valence-electron chi connectivity index (χ2n) is 5.26. The third kappa shape index (κ3) is 3.19. The summed E-state index contributed by atoms with van der Waals surface area (Å²) in [6.45, 7) is 7.14. The van der Waals surface area contributed by atoms with Crippen LogP contribution in [0.15, 0.2) is 24.3 Å². The van der Waals surface area contributed by atoms with Gasteiger partial charge >= 0.3 is 5.97 Å². The summed E-state index contributed by atoms with van der Waals surface area (Å²) in [5.74, 6) is -0.313. The van der Waals surface area contributed by atoms with Crippen LogP contribution >= 0.6 is 0 Å². The van der Waals surface area contributed by atoms with Gasteiger partial charge in [0.15, 0.2) is 0 Å². The van der Waals surface area contributed by atoms with Crippen molar-refractivity contribution >= 4 is 5.97 Å². The third-order valence-electron chi connectivity index (χ3n) is 4.06. The maximum atomic E-state index is 11.6. The summed E-state index contributed by atoms with van der Waals surface area (Å²) in [5, 5.41) is 10.7. The summed E-state index contributed by atoms with van der Waals surface area (Å²) < 4.78 is 4.96. The van der Waals surface area contributed by atoms with E-state index < -0.39 is 5.60 Å². The fourth-order valence-corrected chi connectivity index (χ4v) is 2.66. The minimum atomic E-state index is -0.765. The first-order valence-corrected chi connectivity index (χ1v) is 7.31. The number of carbonyl (C=O) groups is 1. The summed E-state index contributed by atoms with van der Waals surface area (Å²) in [6.07, 6.45) is 1.47. The highest BCUT2D eigenvalue weighted by molar-refractivity contribution is 5.89. The molecule has 1 N–H and O–H groups in total. The Morgan fingerprint density at radius 2 is 1.85 bits per heavy atom. The predicted molar refractivity (Wildman–Crippen MR) is 77.6 cm³/mol. The predicted octanol–water partition coefficient (Wildman–Crippen LogP) is 2.17. The fourth-order valence-electron chi connectivity index (χ4n) is 2.66. The molecule has 4 nitrogen and oxygen atoms in total. The molecule has 0 aliphatic carbocycles. The molecule has 1 saturated heterocycles. The van der Waals surface area contributed by atoms with E-state index in [2.05, 4.69) is 11.8 Å². The van der Waals surface area contributed by atoms with Gasteiger partial charge in [-0.25, -0.2) is 4.79 Å². The summed E-state index contributed by atoms with van der Waals surface area (Å²) in [5.41, 5.74) is 0.658. The van der Waals surface area contributed by atoms with E-state index >= 15 is 0 Å². The van der Waals surface area contributed by atoms with Crippen LogP contribution in [0.2, 0.25) is 0 Å². The summed E-state index contributed by atoms with van der Waals surface area (Å²) in [6, 6.07) is 7.15. The number of aliphatic hydroxyl groups is 1. The molecule has 1 aromatic rings. The van der Waals surface area contributed by atoms with Crippen LogP contribution in [-0.2, 0) is 10.3 Å². The van der Waals surface area contributed by atoms with Gasteiger partial charge in [-0.3, -0.25) is 0 Å². The first kappa shape index (κ1) is 15.0. The van der Waals surface area contributed by atoms with Gasteiger partial charge in [-0.1, -0.05) is 19.1 Å². The van der Waals surface area contributed by atoms with Crippen molar-refractivity contribution in [2.75, 3.05) is 26.2 Å². The number of esters is 1. The van der Waals surface area contributed by atoms with Crippen molar-refractivity contribution in [3.8, 4) is 0 Å². The van der Waals surface area contributed by atoms with Crippen molar-refractivity contribution in [2.24, 2.45) is 0 Å². The third-order valence-corrected chi connectivity index (χ3v) is 4.06. The van der Waals surface area contributed by atoms with Crippen LogP contribution in [0.1, 0.15) is 42.6 Å². The molecule has 0 radical (unpaired) electrons. The molecule has 1 aromatic carbocycles. The second kappa shape index (κ2) is 6.37. The van der Waals surface area contributed by atoms with Crippen LogP contribution in [-0.4, -0.2) is 42.2 Å². The van der Waals surface area contributed by atoms with E-state index in [4.69, 9.17) is 4.74 Å². The van der Waals surface area contributed by atoms with E-state index in [0.29, 0.717) is 12.2 Å². The lowest BCUT2D eigenvalue weighted by Crippen LogP contribution is -2.42. The van der Waals surface area contributed by atoms with Gasteiger partial charge < -0.3 is 14.7 Å². The smallest absolute Gasteiger partial charge is 0.338 e. The van der Waals surface area contributed by atoms with Crippen LogP contribution in [0.3, 0.4) is 0 Å². The van der Waals surface area contributed by atoms with Gasteiger partial charge in [0.1, 0.15) is 0 Å². The number of likely N-dealkylation sites (tertiary alicyclic amines) is 1. The Kier molecular flexibility index (Phi) is 4.78. The molecular weight excluding hydrogens is 254 g/mol. The first-order valence-electron chi connectivity index (χ1n) is 7.31. The standard InChI is InChI=1S/C16H23NO3/c1-3-17-11-9-16(19,10-12-17)14-7-5-13(6-8-14)15(18)20-4-2/h5-8,19H,3-4,9-12H2,1-2H3. The average molecular weight is 277 g/mol. The molecule has 0 spiro atoms. The molecule has 1 fully saturated rings. The molecule has 1 aliphatic heterocycles. The Balaban J connectivity index is 2.08. The van der Waals surface area contributed by atoms with E-state index in [9.17, 15) is 9.90 Å². The summed E-state index contributed by atoms with van der Waals surface area (Å²) in [4.78, 5) is 13.9. The van der Waals surface area contributed by atoms with Gasteiger partial charge in [0.25, 0.3) is 0 Å². The van der Waals surface area contributed by atoms with Crippen molar-refractivity contribution in [3.05, 3.63) is 35.4 Å². The van der Waals surface area contributed by atoms with E-state index in [0.717, 1.165) is 38.0 Å². The zero-order valence-corrected chi connectivity index (χ0v) is 12.3. The number of hydrogen-bond donors (Lipinski definition) is 1. The quantitative estimate of drug-likeness (QED) is 0.857. The SMILES string of the molecule is CCOC(=O)c1ccc(C2(O)CCN(CC)CC2)cc1. The highest BCUT2D eigenvalue weighted by atomic mass is 16.5. The highest BCUT2D eigenvalue weighted by Crippen LogP contribution is 2.32. The number of carbonyl (C=O) groups excluding carboxylic acids is 1. The van der Waals surface area contributed by atoms with Gasteiger partial charge in [0.2, 0.25) is 0 Å². The van der Waals surface area contributed by atoms with Gasteiger partial charge in [-0.15, -0.1) is 0 Å². The topological polar surface area (TPSA) is 49.8 Å². The van der Waals surface area contributed by atoms with Gasteiger partial charge in [-0.05, 0) is 44.0 Å². The lowest BCUT2D eigenvalue weighted by Gasteiger charge is -2.38. The Morgan fingerprint density at radius 3 is 2.35 bits per heavy atom. The lowest BCUT2D eigenvalue weighted by atomic mass is 9.84. The molecule has 1 heterocycles. The van der Waals surface area contributed by atoms with Crippen LogP contribution in [0, 0.1) is 0 Å². The summed E-state index contributed by atoms with van der Waals surface area (Å²) in [7, 11) is 0. The zero-order valence-electron chi connectivity index (χ0n) is 12.3. The van der Waals surface area contributed by atoms with Crippen molar-refractivity contribution in [3.63, 3.8) is 0 Å². The molecule has 0 unspecified atom stereocenters. The molecule has 0 atom stereocenters. The zero-order chi connectivity index (χ0) is 14.6. The number of nitrogens with zero attached hydrogens (tertiary/aromatic N) is 1. The molecule has 2 rings (SSSR count). The average Bonchev–Trinajstić information content (AvgIpc) is 2.48. The van der Waals surface area contributed by atoms with Crippen LogP contribution < -0.4 is 0 Å². The maximum Gasteiger partial charge on any atom is 0.338 e. The molecule has 0 amide bonds. The molecule has 4 heteroatoms. The first-order chi connectivity index (χ1) is 9.59. The number of benzene rings is 1. The number of hydrogen-bond acceptors (Lipinski definition) is 4. The van der Waals surface area contributed by atoms with Crippen molar-refractivity contribution in [1.82, 2.24) is 4.90 Å². The van der Waals surface area contributed by atoms with E-state index in [1.54, 1.807) is 19.1 Å². The monoisotopic (exact) mass is 277 g/mol. The number of piperidine rings is 1. The van der Waals surface area contributed by atoms with Gasteiger partial charge in [0, 0.05) is 13.1 Å². The Labute approximate surface area is 120 Å². The number of rotatable bonds is 4. The van der Waals surface area contributed by atoms with Crippen molar-refractivity contribution < 1.29 is 14.6 Å². The van der Waals surface area contributed by atoms with Gasteiger partial charge in [-0.2, -0.15) is 0 Å². The van der Waals surface area contributed by atoms with E-state index in [1.807, 2.05) is 12.1 Å². The molecule has 110 valence electrons. The number of ether oxygens (including phenoxy) is 1. The van der Waals surface area contributed by atoms with Gasteiger partial charge in [0.05, 0.1) is 17.8 Å². The molecular formula is C16H23NO3. The molecule has 1 aliphatic rings. The lowest BCUT2D eigenvalue weighted by molar-refractivity contribution is -0.0247. The van der Waals surface area contributed by atoms with Crippen molar-refractivity contribution in [2.45, 2.75) is 32.3 Å². The minimum Gasteiger partial charge on any atom is -0.462 e. The Morgan fingerprint density at radius 1 is 1.25 bits per heavy atom. The largest absolute Gasteiger partial charge is 0.462 e. The normalized spacial score (nSPS) is 18.8. The molecule has 0 saturated carbocycles. The van der Waals surface area contributed by atoms with Crippen LogP contribution in [0.4, 0.5) is 0 Å². The molecule has 0 bridgehead atoms. The second-order valence-corrected chi connectivity index (χ2v) is 5.26. The Hall–Kier alpha value is -1.39. The van der Waals surface area contributed by atoms with Crippen LogP contribution in [0.25, 0.3) is 0 Å². The highest BCUT2D eigenvalue weighted by Gasteiger charge is 2.33. The molecule has 0 aromatic heterocycles. The van der Waals surface area contributed by atoms with Crippen molar-refractivity contribution in [1.29, 1.82) is 0 Å².